The molecule has 2 heteroatoms. The van der Waals surface area contributed by atoms with Crippen LogP contribution < -0.4 is 5.32 Å². The van der Waals surface area contributed by atoms with Crippen molar-refractivity contribution < 1.29 is 4.42 Å². The summed E-state index contributed by atoms with van der Waals surface area (Å²) < 4.78 is 6.11. The average Bonchev–Trinajstić information content (AvgIpc) is 3.14. The van der Waals surface area contributed by atoms with Crippen LogP contribution in [0.1, 0.15) is 69.3 Å². The van der Waals surface area contributed by atoms with Crippen molar-refractivity contribution in [3.8, 4) is 0 Å². The number of benzene rings is 1. The van der Waals surface area contributed by atoms with Crippen LogP contribution in [0.15, 0.2) is 22.6 Å². The summed E-state index contributed by atoms with van der Waals surface area (Å²) in [7, 11) is 0. The van der Waals surface area contributed by atoms with Crippen molar-refractivity contribution in [1.29, 1.82) is 0 Å². The van der Waals surface area contributed by atoms with E-state index in [2.05, 4.69) is 51.2 Å². The van der Waals surface area contributed by atoms with Gasteiger partial charge in [0.2, 0.25) is 0 Å². The molecule has 20 heavy (non-hydrogen) atoms. The summed E-state index contributed by atoms with van der Waals surface area (Å²) in [6, 6.07) is 7.37. The molecule has 0 aliphatic heterocycles. The van der Waals surface area contributed by atoms with Crippen molar-refractivity contribution >= 4 is 11.0 Å². The molecule has 3 rings (SSSR count). The van der Waals surface area contributed by atoms with Gasteiger partial charge in [0.05, 0.1) is 6.54 Å². The van der Waals surface area contributed by atoms with Crippen molar-refractivity contribution in [2.24, 2.45) is 0 Å². The molecule has 1 N–H and O–H groups in total. The van der Waals surface area contributed by atoms with E-state index < -0.39 is 0 Å². The smallest absolute Gasteiger partial charge is 0.134 e. The molecule has 1 fully saturated rings. The van der Waals surface area contributed by atoms with Crippen molar-refractivity contribution in [3.63, 3.8) is 0 Å². The Bertz CT molecular complexity index is 605. The number of hydrogen-bond acceptors (Lipinski definition) is 2. The molecule has 2 nitrogen and oxygen atoms in total. The van der Waals surface area contributed by atoms with Crippen LogP contribution in [0.3, 0.4) is 0 Å². The Labute approximate surface area is 121 Å². The minimum absolute atomic E-state index is 0.495. The molecule has 0 amide bonds. The average molecular weight is 271 g/mol. The van der Waals surface area contributed by atoms with Crippen LogP contribution in [0.2, 0.25) is 0 Å². The van der Waals surface area contributed by atoms with Gasteiger partial charge in [-0.15, -0.1) is 0 Å². The summed E-state index contributed by atoms with van der Waals surface area (Å²) in [6.45, 7) is 9.86. The molecular formula is C18H25NO. The lowest BCUT2D eigenvalue weighted by Crippen LogP contribution is -2.15. The van der Waals surface area contributed by atoms with Gasteiger partial charge < -0.3 is 9.73 Å². The molecule has 1 saturated carbocycles. The maximum absolute atomic E-state index is 6.11. The first kappa shape index (κ1) is 13.7. The second-order valence-electron chi connectivity index (χ2n) is 6.66. The highest BCUT2D eigenvalue weighted by Gasteiger charge is 2.23. The lowest BCUT2D eigenvalue weighted by molar-refractivity contribution is 0.503. The van der Waals surface area contributed by atoms with Crippen molar-refractivity contribution in [2.45, 2.75) is 65.0 Å². The summed E-state index contributed by atoms with van der Waals surface area (Å²) in [4.78, 5) is 0. The fourth-order valence-corrected chi connectivity index (χ4v) is 2.83. The van der Waals surface area contributed by atoms with Gasteiger partial charge in [-0.05, 0) is 42.4 Å². The zero-order valence-electron chi connectivity index (χ0n) is 13.0. The van der Waals surface area contributed by atoms with Crippen LogP contribution in [-0.2, 0) is 6.54 Å². The quantitative estimate of drug-likeness (QED) is 0.834. The minimum Gasteiger partial charge on any atom is -0.459 e. The van der Waals surface area contributed by atoms with E-state index in [0.29, 0.717) is 11.8 Å². The normalized spacial score (nSPS) is 15.7. The van der Waals surface area contributed by atoms with Crippen LogP contribution in [0.25, 0.3) is 11.0 Å². The number of nitrogens with one attached hydrogen (secondary N) is 1. The minimum atomic E-state index is 0.495. The summed E-state index contributed by atoms with van der Waals surface area (Å²) >= 11 is 0. The van der Waals surface area contributed by atoms with E-state index in [9.17, 15) is 0 Å². The number of fused-ring (bicyclic) bond motifs is 1. The molecule has 0 atom stereocenters. The third-order valence-corrected chi connectivity index (χ3v) is 4.20. The largest absolute Gasteiger partial charge is 0.459 e. The summed E-state index contributed by atoms with van der Waals surface area (Å²) in [5, 5.41) is 4.88. The molecular weight excluding hydrogens is 246 g/mol. The molecule has 2 aromatic rings. The van der Waals surface area contributed by atoms with Gasteiger partial charge in [-0.1, -0.05) is 33.8 Å². The molecule has 0 bridgehead atoms. The molecule has 1 aromatic carbocycles. The van der Waals surface area contributed by atoms with Gasteiger partial charge in [0.1, 0.15) is 11.3 Å². The van der Waals surface area contributed by atoms with Gasteiger partial charge in [-0.3, -0.25) is 0 Å². The Morgan fingerprint density at radius 2 is 1.90 bits per heavy atom. The Hall–Kier alpha value is -1.28. The van der Waals surface area contributed by atoms with E-state index in [1.807, 2.05) is 0 Å². The van der Waals surface area contributed by atoms with Gasteiger partial charge in [-0.2, -0.15) is 0 Å². The molecule has 1 aliphatic carbocycles. The van der Waals surface area contributed by atoms with E-state index in [1.54, 1.807) is 0 Å². The third-order valence-electron chi connectivity index (χ3n) is 4.20. The fourth-order valence-electron chi connectivity index (χ4n) is 2.83. The van der Waals surface area contributed by atoms with Gasteiger partial charge >= 0.3 is 0 Å². The van der Waals surface area contributed by atoms with E-state index in [4.69, 9.17) is 4.42 Å². The maximum atomic E-state index is 6.11. The Kier molecular flexibility index (Phi) is 3.59. The first-order valence-corrected chi connectivity index (χ1v) is 7.85. The van der Waals surface area contributed by atoms with Crippen molar-refractivity contribution in [3.05, 3.63) is 35.1 Å². The van der Waals surface area contributed by atoms with Crippen molar-refractivity contribution in [2.75, 3.05) is 0 Å². The van der Waals surface area contributed by atoms with Gasteiger partial charge in [0, 0.05) is 17.0 Å². The predicted molar refractivity (Wildman–Crippen MR) is 84.3 cm³/mol. The topological polar surface area (TPSA) is 25.2 Å². The molecule has 0 radical (unpaired) electrons. The van der Waals surface area contributed by atoms with E-state index in [-0.39, 0.29) is 0 Å². The first-order valence-electron chi connectivity index (χ1n) is 7.85. The zero-order chi connectivity index (χ0) is 14.3. The molecule has 0 spiro atoms. The lowest BCUT2D eigenvalue weighted by Gasteiger charge is -2.09. The summed E-state index contributed by atoms with van der Waals surface area (Å²) in [6.07, 6.45) is 2.63. The molecule has 1 aromatic heterocycles. The summed E-state index contributed by atoms with van der Waals surface area (Å²) in [5.41, 5.74) is 3.81. The van der Waals surface area contributed by atoms with E-state index >= 15 is 0 Å². The SMILES string of the molecule is CC(C)c1ccc2oc(CNC3CC3)c(C(C)C)c2c1. The number of furan rings is 1. The highest BCUT2D eigenvalue weighted by atomic mass is 16.3. The Morgan fingerprint density at radius 1 is 1.15 bits per heavy atom. The van der Waals surface area contributed by atoms with Crippen LogP contribution >= 0.6 is 0 Å². The lowest BCUT2D eigenvalue weighted by atomic mass is 9.95. The van der Waals surface area contributed by atoms with Crippen LogP contribution in [0, 0.1) is 0 Å². The first-order chi connectivity index (χ1) is 9.56. The predicted octanol–water partition coefficient (Wildman–Crippen LogP) is 4.93. The van der Waals surface area contributed by atoms with E-state index in [1.165, 1.54) is 29.4 Å². The summed E-state index contributed by atoms with van der Waals surface area (Å²) in [5.74, 6) is 2.18. The standard InChI is InChI=1S/C18H25NO/c1-11(2)13-5-8-16-15(9-13)18(12(3)4)17(20-16)10-19-14-6-7-14/h5,8-9,11-12,14,19H,6-7,10H2,1-4H3. The number of rotatable bonds is 5. The molecule has 1 aliphatic rings. The Balaban J connectivity index is 2.02. The monoisotopic (exact) mass is 271 g/mol. The van der Waals surface area contributed by atoms with E-state index in [0.717, 1.165) is 23.9 Å². The van der Waals surface area contributed by atoms with Gasteiger partial charge in [0.15, 0.2) is 0 Å². The molecule has 0 saturated heterocycles. The second kappa shape index (κ2) is 5.25. The van der Waals surface area contributed by atoms with Crippen molar-refractivity contribution in [1.82, 2.24) is 5.32 Å². The highest BCUT2D eigenvalue weighted by Crippen LogP contribution is 2.34. The second-order valence-corrected chi connectivity index (χ2v) is 6.66. The fraction of sp³-hybridized carbons (Fsp3) is 0.556. The molecule has 108 valence electrons. The Morgan fingerprint density at radius 3 is 2.50 bits per heavy atom. The van der Waals surface area contributed by atoms with Crippen LogP contribution in [0.5, 0.6) is 0 Å². The highest BCUT2D eigenvalue weighted by molar-refractivity contribution is 5.83. The number of hydrogen-bond donors (Lipinski definition) is 1. The molecule has 1 heterocycles. The van der Waals surface area contributed by atoms with Gasteiger partial charge in [0.25, 0.3) is 0 Å². The van der Waals surface area contributed by atoms with Crippen LogP contribution in [-0.4, -0.2) is 6.04 Å². The zero-order valence-corrected chi connectivity index (χ0v) is 13.0. The molecule has 0 unspecified atom stereocenters. The van der Waals surface area contributed by atoms with Crippen LogP contribution in [0.4, 0.5) is 0 Å². The third kappa shape index (κ3) is 2.62. The maximum Gasteiger partial charge on any atom is 0.134 e. The van der Waals surface area contributed by atoms with Gasteiger partial charge in [-0.25, -0.2) is 0 Å².